The lowest BCUT2D eigenvalue weighted by Gasteiger charge is -1.98. The molecule has 0 radical (unpaired) electrons. The van der Waals surface area contributed by atoms with Crippen LogP contribution in [-0.4, -0.2) is 13.1 Å². The number of hydrogen-bond acceptors (Lipinski definition) is 1. The first-order valence-corrected chi connectivity index (χ1v) is 4.02. The second-order valence-electron chi connectivity index (χ2n) is 2.49. The van der Waals surface area contributed by atoms with E-state index in [0.717, 1.165) is 6.42 Å². The third-order valence-electron chi connectivity index (χ3n) is 1.37. The Kier molecular flexibility index (Phi) is 5.07. The smallest absolute Gasteiger partial charge is 0.133 e. The molecule has 0 aromatic heterocycles. The van der Waals surface area contributed by atoms with Crippen LogP contribution in [0.1, 0.15) is 26.7 Å². The Morgan fingerprint density at radius 3 is 2.67 bits per heavy atom. The van der Waals surface area contributed by atoms with Crippen molar-refractivity contribution in [3.63, 3.8) is 0 Å². The highest BCUT2D eigenvalue weighted by atomic mass is 32.1. The highest BCUT2D eigenvalue weighted by Gasteiger charge is 1.89. The molecule has 0 aliphatic carbocycles. The summed E-state index contributed by atoms with van der Waals surface area (Å²) in [5.74, 6) is 0. The molecule has 9 heavy (non-hydrogen) atoms. The van der Waals surface area contributed by atoms with Gasteiger partial charge in [-0.05, 0) is 12.8 Å². The maximum atomic E-state index is 4.27. The van der Waals surface area contributed by atoms with Gasteiger partial charge in [-0.25, -0.2) is 0 Å². The van der Waals surface area contributed by atoms with Gasteiger partial charge in [0.25, 0.3) is 0 Å². The first kappa shape index (κ1) is 9.15. The number of hydrogen-bond donors (Lipinski definition) is 1. The van der Waals surface area contributed by atoms with Crippen molar-refractivity contribution in [2.75, 3.05) is 0 Å². The van der Waals surface area contributed by atoms with E-state index in [9.17, 15) is 0 Å². The molecule has 0 aliphatic rings. The van der Waals surface area contributed by atoms with Crippen LogP contribution in [-0.2, 0) is 0 Å². The minimum atomic E-state index is 0.506. The van der Waals surface area contributed by atoms with Gasteiger partial charge in [0.05, 0.1) is 0 Å². The molecule has 1 atom stereocenters. The van der Waals surface area contributed by atoms with E-state index >= 15 is 0 Å². The highest BCUT2D eigenvalue weighted by molar-refractivity contribution is 7.80. The van der Waals surface area contributed by atoms with E-state index < -0.39 is 0 Å². The summed E-state index contributed by atoms with van der Waals surface area (Å²) < 4.78 is 0. The van der Waals surface area contributed by atoms with Crippen LogP contribution < -0.4 is 0 Å². The van der Waals surface area contributed by atoms with Crippen LogP contribution >= 0.6 is 12.6 Å². The highest BCUT2D eigenvalue weighted by Crippen LogP contribution is 2.03. The molecule has 0 heterocycles. The van der Waals surface area contributed by atoms with Gasteiger partial charge >= 0.3 is 0 Å². The summed E-state index contributed by atoms with van der Waals surface area (Å²) >= 11 is 4.27. The van der Waals surface area contributed by atoms with Crippen LogP contribution in [0.15, 0.2) is 11.5 Å². The van der Waals surface area contributed by atoms with Gasteiger partial charge in [-0.2, -0.15) is 12.6 Å². The van der Waals surface area contributed by atoms with Gasteiger partial charge in [-0.15, -0.1) is 5.47 Å². The first-order chi connectivity index (χ1) is 4.16. The van der Waals surface area contributed by atoms with E-state index in [1.165, 1.54) is 11.9 Å². The summed E-state index contributed by atoms with van der Waals surface area (Å²) in [6, 6.07) is 0. The molecular formula is C7H15BS. The van der Waals surface area contributed by atoms with Gasteiger partial charge < -0.3 is 0 Å². The van der Waals surface area contributed by atoms with Crippen LogP contribution in [0.3, 0.4) is 0 Å². The van der Waals surface area contributed by atoms with E-state index in [1.807, 2.05) is 0 Å². The number of thiol groups is 1. The summed E-state index contributed by atoms with van der Waals surface area (Å²) in [5.41, 5.74) is 1.47. The minimum Gasteiger partial charge on any atom is -0.176 e. The summed E-state index contributed by atoms with van der Waals surface area (Å²) in [6.07, 6.45) is 4.53. The van der Waals surface area contributed by atoms with Gasteiger partial charge in [0, 0.05) is 5.25 Å². The molecule has 0 spiro atoms. The fourth-order valence-electron chi connectivity index (χ4n) is 0.516. The average Bonchev–Trinajstić information content (AvgIpc) is 1.83. The number of rotatable bonds is 3. The molecule has 2 heteroatoms. The van der Waals surface area contributed by atoms with Gasteiger partial charge in [0.1, 0.15) is 7.85 Å². The average molecular weight is 142 g/mol. The topological polar surface area (TPSA) is 0 Å². The van der Waals surface area contributed by atoms with Crippen molar-refractivity contribution in [1.82, 2.24) is 0 Å². The lowest BCUT2D eigenvalue weighted by Crippen LogP contribution is -1.88. The zero-order chi connectivity index (χ0) is 7.28. The first-order valence-electron chi connectivity index (χ1n) is 3.50. The standard InChI is InChI=1S/C7H15BS/c1-3-7(8)5-4-6(2)9/h5-6,9H,3-4,8H2,1-2H3/b7-5+. The van der Waals surface area contributed by atoms with Crippen LogP contribution in [0.4, 0.5) is 0 Å². The molecule has 0 bridgehead atoms. The van der Waals surface area contributed by atoms with Gasteiger partial charge in [-0.3, -0.25) is 0 Å². The Hall–Kier alpha value is 0.155. The normalized spacial score (nSPS) is 15.7. The predicted molar refractivity (Wildman–Crippen MR) is 50.0 cm³/mol. The Morgan fingerprint density at radius 1 is 1.78 bits per heavy atom. The molecule has 0 amide bonds. The molecule has 0 rings (SSSR count). The van der Waals surface area contributed by atoms with Crippen molar-refractivity contribution in [2.45, 2.75) is 31.9 Å². The molecule has 52 valence electrons. The molecule has 0 fully saturated rings. The summed E-state index contributed by atoms with van der Waals surface area (Å²) in [6.45, 7) is 4.29. The lowest BCUT2D eigenvalue weighted by atomic mass is 9.92. The Bertz CT molecular complexity index is 97.1. The second kappa shape index (κ2) is 4.98. The van der Waals surface area contributed by atoms with Crippen LogP contribution in [0.25, 0.3) is 0 Å². The molecule has 0 aromatic carbocycles. The Morgan fingerprint density at radius 2 is 2.33 bits per heavy atom. The predicted octanol–water partition coefficient (Wildman–Crippen LogP) is 1.62. The third-order valence-corrected chi connectivity index (χ3v) is 1.58. The SMILES string of the molecule is B/C(=C/CC(C)S)CC. The van der Waals surface area contributed by atoms with Crippen molar-refractivity contribution in [3.8, 4) is 0 Å². The molecule has 0 saturated heterocycles. The summed E-state index contributed by atoms with van der Waals surface area (Å²) in [4.78, 5) is 0. The maximum Gasteiger partial charge on any atom is 0.133 e. The minimum absolute atomic E-state index is 0.506. The Balaban J connectivity index is 3.43. The van der Waals surface area contributed by atoms with Crippen molar-refractivity contribution in [1.29, 1.82) is 0 Å². The lowest BCUT2D eigenvalue weighted by molar-refractivity contribution is 0.977. The fourth-order valence-corrected chi connectivity index (χ4v) is 0.621. The molecule has 0 aliphatic heterocycles. The molecular weight excluding hydrogens is 127 g/mol. The second-order valence-corrected chi connectivity index (χ2v) is 3.37. The van der Waals surface area contributed by atoms with Crippen molar-refractivity contribution >= 4 is 20.5 Å². The quantitative estimate of drug-likeness (QED) is 0.449. The van der Waals surface area contributed by atoms with Gasteiger partial charge in [0.2, 0.25) is 0 Å². The van der Waals surface area contributed by atoms with E-state index in [0.29, 0.717) is 5.25 Å². The monoisotopic (exact) mass is 142 g/mol. The van der Waals surface area contributed by atoms with Crippen LogP contribution in [0, 0.1) is 0 Å². The molecule has 0 nitrogen and oxygen atoms in total. The largest absolute Gasteiger partial charge is 0.176 e. The maximum absolute atomic E-state index is 4.27. The zero-order valence-corrected chi connectivity index (χ0v) is 7.41. The summed E-state index contributed by atoms with van der Waals surface area (Å²) in [5, 5.41) is 0.506. The van der Waals surface area contributed by atoms with Crippen molar-refractivity contribution in [2.24, 2.45) is 0 Å². The Labute approximate surface area is 64.5 Å². The number of allylic oxidation sites excluding steroid dienone is 2. The van der Waals surface area contributed by atoms with Gasteiger partial charge in [0.15, 0.2) is 0 Å². The van der Waals surface area contributed by atoms with Crippen LogP contribution in [0.5, 0.6) is 0 Å². The van der Waals surface area contributed by atoms with E-state index in [1.54, 1.807) is 0 Å². The molecule has 0 aromatic rings. The van der Waals surface area contributed by atoms with Crippen LogP contribution in [0.2, 0.25) is 0 Å². The fraction of sp³-hybridized carbons (Fsp3) is 0.714. The van der Waals surface area contributed by atoms with Crippen molar-refractivity contribution < 1.29 is 0 Å². The molecule has 1 unspecified atom stereocenters. The van der Waals surface area contributed by atoms with Crippen molar-refractivity contribution in [3.05, 3.63) is 11.5 Å². The summed E-state index contributed by atoms with van der Waals surface area (Å²) in [7, 11) is 2.16. The molecule has 0 N–H and O–H groups in total. The van der Waals surface area contributed by atoms with E-state index in [-0.39, 0.29) is 0 Å². The zero-order valence-electron chi connectivity index (χ0n) is 6.52. The van der Waals surface area contributed by atoms with Gasteiger partial charge in [-0.1, -0.05) is 19.9 Å². The van der Waals surface area contributed by atoms with E-state index in [4.69, 9.17) is 0 Å². The third kappa shape index (κ3) is 6.03. The van der Waals surface area contributed by atoms with E-state index in [2.05, 4.69) is 40.4 Å². The molecule has 0 saturated carbocycles.